The second-order valence-corrected chi connectivity index (χ2v) is 10.0. The van der Waals surface area contributed by atoms with E-state index < -0.39 is 0 Å². The molecule has 7 aromatic rings. The Hall–Kier alpha value is -5.68. The van der Waals surface area contributed by atoms with E-state index in [1.807, 2.05) is 48.7 Å². The molecule has 1 aliphatic heterocycles. The highest BCUT2D eigenvalue weighted by Crippen LogP contribution is 2.50. The van der Waals surface area contributed by atoms with E-state index in [2.05, 4.69) is 94.8 Å². The van der Waals surface area contributed by atoms with Crippen molar-refractivity contribution in [3.63, 3.8) is 0 Å². The standard InChI is InChI=1S/C36H23N5/c1-4-11-24(12-5-1)28-19-27-17-10-18-32-34(27)29(20-28)35-33(22-37-23-38-35)41(32)36-39-30(25-13-6-2-7-14-25)21-31(40-36)26-15-8-3-9-16-26/h1-23H. The minimum absolute atomic E-state index is 0.576. The van der Waals surface area contributed by atoms with Gasteiger partial charge in [-0.2, -0.15) is 0 Å². The molecule has 0 aliphatic carbocycles. The van der Waals surface area contributed by atoms with Crippen molar-refractivity contribution in [2.75, 3.05) is 4.90 Å². The number of aromatic nitrogens is 4. The van der Waals surface area contributed by atoms with E-state index in [0.717, 1.165) is 61.5 Å². The van der Waals surface area contributed by atoms with Crippen LogP contribution in [-0.2, 0) is 0 Å². The van der Waals surface area contributed by atoms with Crippen LogP contribution < -0.4 is 4.90 Å². The molecule has 2 aromatic heterocycles. The Labute approximate surface area is 237 Å². The summed E-state index contributed by atoms with van der Waals surface area (Å²) in [5, 5.41) is 2.25. The van der Waals surface area contributed by atoms with E-state index in [9.17, 15) is 0 Å². The van der Waals surface area contributed by atoms with Gasteiger partial charge in [0.15, 0.2) is 0 Å². The summed E-state index contributed by atoms with van der Waals surface area (Å²) in [6.45, 7) is 0. The molecule has 0 amide bonds. The van der Waals surface area contributed by atoms with Crippen LogP contribution in [0.25, 0.3) is 55.7 Å². The summed E-state index contributed by atoms with van der Waals surface area (Å²) in [5.41, 5.74) is 9.87. The molecule has 8 rings (SSSR count). The molecule has 0 saturated heterocycles. The highest BCUT2D eigenvalue weighted by molar-refractivity contribution is 6.13. The van der Waals surface area contributed by atoms with E-state index in [4.69, 9.17) is 15.0 Å². The minimum atomic E-state index is 0.576. The molecule has 0 atom stereocenters. The number of hydrogen-bond donors (Lipinski definition) is 0. The summed E-state index contributed by atoms with van der Waals surface area (Å²) in [4.78, 5) is 21.6. The third-order valence-corrected chi connectivity index (χ3v) is 7.55. The summed E-state index contributed by atoms with van der Waals surface area (Å²) in [6, 6.07) is 43.9. The maximum atomic E-state index is 5.14. The predicted octanol–water partition coefficient (Wildman–Crippen LogP) is 8.87. The lowest BCUT2D eigenvalue weighted by Crippen LogP contribution is -2.19. The third-order valence-electron chi connectivity index (χ3n) is 7.55. The molecule has 3 heterocycles. The SMILES string of the molecule is c1ccc(-c2cc3c4c(cccc4c2)N(c2nc(-c4ccccc4)cc(-c4ccccc4)n2)c2cncnc2-3)cc1. The Morgan fingerprint density at radius 1 is 0.512 bits per heavy atom. The average Bonchev–Trinajstić information content (AvgIpc) is 3.06. The van der Waals surface area contributed by atoms with Crippen LogP contribution in [0, 0.1) is 0 Å². The first kappa shape index (κ1) is 23.2. The first-order chi connectivity index (χ1) is 20.3. The lowest BCUT2D eigenvalue weighted by Gasteiger charge is -2.31. The molecule has 0 spiro atoms. The van der Waals surface area contributed by atoms with Gasteiger partial charge in [0, 0.05) is 22.1 Å². The van der Waals surface area contributed by atoms with Gasteiger partial charge in [0.2, 0.25) is 5.95 Å². The van der Waals surface area contributed by atoms with E-state index in [0.29, 0.717) is 5.95 Å². The summed E-state index contributed by atoms with van der Waals surface area (Å²) in [6.07, 6.45) is 3.47. The van der Waals surface area contributed by atoms with Gasteiger partial charge in [0.05, 0.1) is 34.7 Å². The van der Waals surface area contributed by atoms with Crippen molar-refractivity contribution in [2.45, 2.75) is 0 Å². The Balaban J connectivity index is 1.41. The predicted molar refractivity (Wildman–Crippen MR) is 165 cm³/mol. The molecule has 0 saturated carbocycles. The zero-order valence-corrected chi connectivity index (χ0v) is 22.0. The second kappa shape index (κ2) is 9.50. The van der Waals surface area contributed by atoms with Gasteiger partial charge in [-0.15, -0.1) is 0 Å². The van der Waals surface area contributed by atoms with Gasteiger partial charge in [-0.05, 0) is 40.8 Å². The molecule has 0 bridgehead atoms. The van der Waals surface area contributed by atoms with Gasteiger partial charge in [-0.1, -0.05) is 103 Å². The summed E-state index contributed by atoms with van der Waals surface area (Å²) in [5.74, 6) is 0.576. The van der Waals surface area contributed by atoms with Crippen LogP contribution in [0.3, 0.4) is 0 Å². The zero-order valence-electron chi connectivity index (χ0n) is 22.0. The van der Waals surface area contributed by atoms with Crippen molar-refractivity contribution in [3.8, 4) is 44.9 Å². The Bertz CT molecular complexity index is 1980. The van der Waals surface area contributed by atoms with Gasteiger partial charge in [0.1, 0.15) is 6.33 Å². The van der Waals surface area contributed by atoms with Crippen molar-refractivity contribution in [2.24, 2.45) is 0 Å². The van der Waals surface area contributed by atoms with Crippen molar-refractivity contribution in [3.05, 3.63) is 140 Å². The topological polar surface area (TPSA) is 54.8 Å². The third kappa shape index (κ3) is 3.95. The minimum Gasteiger partial charge on any atom is -0.275 e. The number of anilines is 3. The lowest BCUT2D eigenvalue weighted by molar-refractivity contribution is 1.06. The Morgan fingerprint density at radius 3 is 1.80 bits per heavy atom. The van der Waals surface area contributed by atoms with Crippen molar-refractivity contribution < 1.29 is 0 Å². The number of fused-ring (bicyclic) bond motifs is 2. The molecule has 41 heavy (non-hydrogen) atoms. The van der Waals surface area contributed by atoms with E-state index in [1.165, 1.54) is 5.56 Å². The van der Waals surface area contributed by atoms with E-state index >= 15 is 0 Å². The normalized spacial score (nSPS) is 11.9. The summed E-state index contributed by atoms with van der Waals surface area (Å²) < 4.78 is 0. The molecule has 5 nitrogen and oxygen atoms in total. The fourth-order valence-corrected chi connectivity index (χ4v) is 5.67. The maximum absolute atomic E-state index is 5.14. The van der Waals surface area contributed by atoms with Crippen LogP contribution in [-0.4, -0.2) is 19.9 Å². The Kier molecular flexibility index (Phi) is 5.38. The van der Waals surface area contributed by atoms with Gasteiger partial charge in [-0.25, -0.2) is 19.9 Å². The molecule has 0 N–H and O–H groups in total. The van der Waals surface area contributed by atoms with E-state index in [1.54, 1.807) is 6.33 Å². The molecule has 5 heteroatoms. The van der Waals surface area contributed by atoms with Crippen molar-refractivity contribution in [1.29, 1.82) is 0 Å². The summed E-state index contributed by atoms with van der Waals surface area (Å²) in [7, 11) is 0. The highest BCUT2D eigenvalue weighted by atomic mass is 15.3. The van der Waals surface area contributed by atoms with Gasteiger partial charge < -0.3 is 0 Å². The maximum Gasteiger partial charge on any atom is 0.235 e. The largest absolute Gasteiger partial charge is 0.275 e. The zero-order chi connectivity index (χ0) is 27.2. The van der Waals surface area contributed by atoms with Crippen LogP contribution in [0.1, 0.15) is 0 Å². The molecule has 0 fully saturated rings. The first-order valence-corrected chi connectivity index (χ1v) is 13.6. The quantitative estimate of drug-likeness (QED) is 0.230. The van der Waals surface area contributed by atoms with Crippen LogP contribution >= 0.6 is 0 Å². The summed E-state index contributed by atoms with van der Waals surface area (Å²) >= 11 is 0. The number of benzene rings is 5. The van der Waals surface area contributed by atoms with Gasteiger partial charge in [-0.3, -0.25) is 4.90 Å². The number of nitrogens with zero attached hydrogens (tertiary/aromatic N) is 5. The van der Waals surface area contributed by atoms with Crippen molar-refractivity contribution in [1.82, 2.24) is 19.9 Å². The monoisotopic (exact) mass is 525 g/mol. The molecule has 1 aliphatic rings. The van der Waals surface area contributed by atoms with Crippen LogP contribution in [0.15, 0.2) is 140 Å². The molecule has 0 radical (unpaired) electrons. The van der Waals surface area contributed by atoms with Gasteiger partial charge in [0.25, 0.3) is 0 Å². The van der Waals surface area contributed by atoms with Crippen LogP contribution in [0.5, 0.6) is 0 Å². The van der Waals surface area contributed by atoms with Crippen LogP contribution in [0.2, 0.25) is 0 Å². The molecular weight excluding hydrogens is 502 g/mol. The van der Waals surface area contributed by atoms with E-state index in [-0.39, 0.29) is 0 Å². The first-order valence-electron chi connectivity index (χ1n) is 13.6. The molecule has 192 valence electrons. The number of hydrogen-bond acceptors (Lipinski definition) is 5. The Morgan fingerprint density at radius 2 is 1.15 bits per heavy atom. The molecule has 5 aromatic carbocycles. The fourth-order valence-electron chi connectivity index (χ4n) is 5.67. The lowest BCUT2D eigenvalue weighted by atomic mass is 9.91. The fraction of sp³-hybridized carbons (Fsp3) is 0. The van der Waals surface area contributed by atoms with Crippen molar-refractivity contribution >= 4 is 28.1 Å². The molecular formula is C36H23N5. The smallest absolute Gasteiger partial charge is 0.235 e. The van der Waals surface area contributed by atoms with Gasteiger partial charge >= 0.3 is 0 Å². The average molecular weight is 526 g/mol. The number of rotatable bonds is 4. The highest BCUT2D eigenvalue weighted by Gasteiger charge is 2.30. The molecule has 0 unspecified atom stereocenters. The van der Waals surface area contributed by atoms with Crippen LogP contribution in [0.4, 0.5) is 17.3 Å². The second-order valence-electron chi connectivity index (χ2n) is 10.0.